The van der Waals surface area contributed by atoms with Gasteiger partial charge < -0.3 is 0 Å². The fraction of sp³-hybridized carbons (Fsp3) is 1.00. The molecule has 0 heterocycles. The van der Waals surface area contributed by atoms with Crippen LogP contribution in [0.25, 0.3) is 0 Å². The van der Waals surface area contributed by atoms with E-state index in [1.54, 1.807) is 19.3 Å². The summed E-state index contributed by atoms with van der Waals surface area (Å²) in [7, 11) is -0.769. The summed E-state index contributed by atoms with van der Waals surface area (Å²) in [6, 6.07) is 0. The number of rotatable bonds is 1. The minimum Gasteiger partial charge on any atom is -0.0691 e. The van der Waals surface area contributed by atoms with Crippen LogP contribution in [0.3, 0.4) is 0 Å². The zero-order chi connectivity index (χ0) is 7.85. The fourth-order valence-electron chi connectivity index (χ4n) is 4.47. The van der Waals surface area contributed by atoms with E-state index >= 15 is 0 Å². The van der Waals surface area contributed by atoms with Crippen molar-refractivity contribution < 1.29 is 0 Å². The lowest BCUT2D eigenvalue weighted by Gasteiger charge is -2.32. The van der Waals surface area contributed by atoms with Crippen molar-refractivity contribution in [1.29, 1.82) is 0 Å². The third-order valence-electron chi connectivity index (χ3n) is 4.76. The SMILES string of the molecule is C[Si](C)(C)C12C3CCCC1C32. The summed E-state index contributed by atoms with van der Waals surface area (Å²) in [5.74, 6) is 3.71. The van der Waals surface area contributed by atoms with E-state index in [1.807, 2.05) is 0 Å². The van der Waals surface area contributed by atoms with Crippen LogP contribution in [-0.2, 0) is 0 Å². The molecule has 2 unspecified atom stereocenters. The van der Waals surface area contributed by atoms with E-state index in [2.05, 4.69) is 19.6 Å². The molecule has 3 fully saturated rings. The molecule has 0 bridgehead atoms. The molecule has 0 nitrogen and oxygen atoms in total. The van der Waals surface area contributed by atoms with Gasteiger partial charge in [0.2, 0.25) is 0 Å². The third kappa shape index (κ3) is 0.498. The molecule has 0 aliphatic heterocycles. The van der Waals surface area contributed by atoms with E-state index in [-0.39, 0.29) is 0 Å². The van der Waals surface area contributed by atoms with Gasteiger partial charge in [0.15, 0.2) is 0 Å². The van der Waals surface area contributed by atoms with Gasteiger partial charge in [0.05, 0.1) is 8.07 Å². The molecular formula is C10H18Si. The maximum Gasteiger partial charge on any atom is 0.0516 e. The fourth-order valence-corrected chi connectivity index (χ4v) is 8.58. The van der Waals surface area contributed by atoms with Gasteiger partial charge in [-0.1, -0.05) is 26.1 Å². The molecule has 3 aliphatic carbocycles. The zero-order valence-corrected chi connectivity index (χ0v) is 8.85. The molecule has 0 N–H and O–H groups in total. The van der Waals surface area contributed by atoms with Gasteiger partial charge in [-0.05, 0) is 35.6 Å². The molecular weight excluding hydrogens is 148 g/mol. The molecule has 1 heteroatoms. The normalized spacial score (nSPS) is 58.6. The van der Waals surface area contributed by atoms with Crippen LogP contribution in [0.1, 0.15) is 19.3 Å². The summed E-state index contributed by atoms with van der Waals surface area (Å²) in [5, 5.41) is 1.01. The Morgan fingerprint density at radius 3 is 1.91 bits per heavy atom. The maximum absolute atomic E-state index is 2.59. The summed E-state index contributed by atoms with van der Waals surface area (Å²) in [6.07, 6.45) is 4.73. The Morgan fingerprint density at radius 1 is 1.09 bits per heavy atom. The highest BCUT2D eigenvalue weighted by atomic mass is 28.3. The Hall–Kier alpha value is 0.217. The van der Waals surface area contributed by atoms with Crippen molar-refractivity contribution in [1.82, 2.24) is 0 Å². The van der Waals surface area contributed by atoms with Crippen molar-refractivity contribution in [2.75, 3.05) is 0 Å². The molecule has 0 aromatic rings. The topological polar surface area (TPSA) is 0 Å². The van der Waals surface area contributed by atoms with Crippen molar-refractivity contribution in [3.63, 3.8) is 0 Å². The average molecular weight is 166 g/mol. The molecule has 0 radical (unpaired) electrons. The number of fused-ring (bicyclic) bond motifs is 2. The Labute approximate surface area is 70.4 Å². The highest BCUT2D eigenvalue weighted by molar-refractivity contribution is 6.81. The lowest BCUT2D eigenvalue weighted by atomic mass is 9.88. The Bertz CT molecular complexity index is 192. The van der Waals surface area contributed by atoms with Crippen molar-refractivity contribution in [3.8, 4) is 0 Å². The van der Waals surface area contributed by atoms with E-state index < -0.39 is 8.07 Å². The predicted molar refractivity (Wildman–Crippen MR) is 50.4 cm³/mol. The van der Waals surface area contributed by atoms with Crippen LogP contribution < -0.4 is 0 Å². The Morgan fingerprint density at radius 2 is 1.64 bits per heavy atom. The summed E-state index contributed by atoms with van der Waals surface area (Å²) in [4.78, 5) is 0. The third-order valence-corrected chi connectivity index (χ3v) is 8.43. The Balaban J connectivity index is 1.91. The van der Waals surface area contributed by atoms with E-state index in [0.29, 0.717) is 0 Å². The molecule has 0 saturated heterocycles. The second-order valence-corrected chi connectivity index (χ2v) is 11.2. The lowest BCUT2D eigenvalue weighted by molar-refractivity contribution is 0.339. The van der Waals surface area contributed by atoms with Gasteiger partial charge in [0.1, 0.15) is 0 Å². The summed E-state index contributed by atoms with van der Waals surface area (Å²) in [5.41, 5.74) is 0. The molecule has 3 saturated carbocycles. The number of hydrogen-bond donors (Lipinski definition) is 0. The molecule has 3 aliphatic rings. The average Bonchev–Trinajstić information content (AvgIpc) is 2.72. The van der Waals surface area contributed by atoms with Crippen molar-refractivity contribution in [3.05, 3.63) is 0 Å². The van der Waals surface area contributed by atoms with Crippen LogP contribution in [-0.4, -0.2) is 8.07 Å². The first kappa shape index (κ1) is 6.70. The number of hydrogen-bond acceptors (Lipinski definition) is 0. The van der Waals surface area contributed by atoms with Gasteiger partial charge in [-0.25, -0.2) is 0 Å². The van der Waals surface area contributed by atoms with Crippen LogP contribution in [0.4, 0.5) is 0 Å². The van der Waals surface area contributed by atoms with Crippen LogP contribution in [0.15, 0.2) is 0 Å². The van der Waals surface area contributed by atoms with Crippen molar-refractivity contribution in [2.24, 2.45) is 17.8 Å². The van der Waals surface area contributed by atoms with E-state index in [0.717, 1.165) is 5.04 Å². The molecule has 0 aromatic carbocycles. The highest BCUT2D eigenvalue weighted by Gasteiger charge is 2.89. The van der Waals surface area contributed by atoms with Crippen molar-refractivity contribution >= 4 is 8.07 Å². The molecule has 0 spiro atoms. The maximum atomic E-state index is 2.59. The van der Waals surface area contributed by atoms with E-state index in [9.17, 15) is 0 Å². The highest BCUT2D eigenvalue weighted by Crippen LogP contribution is 2.97. The predicted octanol–water partition coefficient (Wildman–Crippen LogP) is 3.12. The molecule has 2 atom stereocenters. The lowest BCUT2D eigenvalue weighted by Crippen LogP contribution is -2.31. The first-order valence-electron chi connectivity index (χ1n) is 5.10. The minimum absolute atomic E-state index is 0.769. The van der Waals surface area contributed by atoms with Crippen LogP contribution in [0, 0.1) is 17.8 Å². The van der Waals surface area contributed by atoms with Crippen LogP contribution in [0.2, 0.25) is 24.7 Å². The molecule has 0 amide bonds. The summed E-state index contributed by atoms with van der Waals surface area (Å²) in [6.45, 7) is 7.77. The van der Waals surface area contributed by atoms with E-state index in [4.69, 9.17) is 0 Å². The largest absolute Gasteiger partial charge is 0.0691 e. The standard InChI is InChI=1S/C10H18Si/c1-11(2,3)10-7-5-4-6-8(10)9(7)10/h7-9H,4-6H2,1-3H3. The first-order valence-corrected chi connectivity index (χ1v) is 8.60. The zero-order valence-electron chi connectivity index (χ0n) is 7.85. The summed E-state index contributed by atoms with van der Waals surface area (Å²) >= 11 is 0. The first-order chi connectivity index (χ1) is 5.10. The van der Waals surface area contributed by atoms with Gasteiger partial charge in [0, 0.05) is 0 Å². The molecule has 11 heavy (non-hydrogen) atoms. The molecule has 62 valence electrons. The van der Waals surface area contributed by atoms with Crippen molar-refractivity contribution in [2.45, 2.75) is 43.9 Å². The quantitative estimate of drug-likeness (QED) is 0.525. The monoisotopic (exact) mass is 166 g/mol. The second kappa shape index (κ2) is 1.48. The van der Waals surface area contributed by atoms with E-state index in [1.165, 1.54) is 17.8 Å². The minimum atomic E-state index is -0.769. The molecule has 3 rings (SSSR count). The van der Waals surface area contributed by atoms with Gasteiger partial charge >= 0.3 is 0 Å². The van der Waals surface area contributed by atoms with Gasteiger partial charge in [-0.2, -0.15) is 0 Å². The second-order valence-electron chi connectivity index (χ2n) is 5.85. The molecule has 0 aromatic heterocycles. The van der Waals surface area contributed by atoms with Crippen LogP contribution >= 0.6 is 0 Å². The summed E-state index contributed by atoms with van der Waals surface area (Å²) < 4.78 is 0. The Kier molecular flexibility index (Phi) is 0.902. The van der Waals surface area contributed by atoms with Gasteiger partial charge in [-0.3, -0.25) is 0 Å². The van der Waals surface area contributed by atoms with Crippen LogP contribution in [0.5, 0.6) is 0 Å². The van der Waals surface area contributed by atoms with Gasteiger partial charge in [-0.15, -0.1) is 0 Å². The smallest absolute Gasteiger partial charge is 0.0516 e. The van der Waals surface area contributed by atoms with Gasteiger partial charge in [0.25, 0.3) is 0 Å².